The van der Waals surface area contributed by atoms with Crippen molar-refractivity contribution in [2.45, 2.75) is 53.4 Å². The predicted molar refractivity (Wildman–Crippen MR) is 156 cm³/mol. The van der Waals surface area contributed by atoms with E-state index in [2.05, 4.69) is 33.7 Å². The third kappa shape index (κ3) is 6.81. The fraction of sp³-hybridized carbons (Fsp3) is 0.303. The number of imidazole rings is 1. The molecule has 3 aromatic heterocycles. The minimum absolute atomic E-state index is 0. The van der Waals surface area contributed by atoms with Gasteiger partial charge in [-0.3, -0.25) is 9.20 Å². The molecule has 1 N–H and O–H groups in total. The smallest absolute Gasteiger partial charge is 0.162 e. The zero-order chi connectivity index (χ0) is 27.1. The zero-order valence-electron chi connectivity index (χ0n) is 23.0. The Morgan fingerprint density at radius 3 is 2.28 bits per heavy atom. The van der Waals surface area contributed by atoms with Crippen LogP contribution in [-0.4, -0.2) is 25.3 Å². The molecule has 0 fully saturated rings. The van der Waals surface area contributed by atoms with Gasteiger partial charge in [0.05, 0.1) is 16.8 Å². The second kappa shape index (κ2) is 14.2. The summed E-state index contributed by atoms with van der Waals surface area (Å²) in [5, 5.41) is 10.9. The molecule has 5 nitrogen and oxygen atoms in total. The number of aromatic nitrogens is 3. The molecule has 0 saturated heterocycles. The summed E-state index contributed by atoms with van der Waals surface area (Å²) in [6.45, 7) is 8.07. The Kier molecular flexibility index (Phi) is 11.0. The first-order chi connectivity index (χ1) is 18.5. The Balaban J connectivity index is 0.000000233. The summed E-state index contributed by atoms with van der Waals surface area (Å²) in [6.07, 6.45) is 6.82. The number of aliphatic hydroxyl groups is 1. The Labute approximate surface area is 244 Å². The third-order valence-electron chi connectivity index (χ3n) is 7.22. The van der Waals surface area contributed by atoms with Crippen molar-refractivity contribution in [3.63, 3.8) is 0 Å². The first-order valence-corrected chi connectivity index (χ1v) is 13.6. The van der Waals surface area contributed by atoms with Crippen molar-refractivity contribution in [1.82, 2.24) is 14.4 Å². The summed E-state index contributed by atoms with van der Waals surface area (Å²) >= 11 is 0. The van der Waals surface area contributed by atoms with Crippen LogP contribution in [0.1, 0.15) is 53.4 Å². The van der Waals surface area contributed by atoms with E-state index < -0.39 is 0 Å². The van der Waals surface area contributed by atoms with Gasteiger partial charge < -0.3 is 10.1 Å². The maximum absolute atomic E-state index is 11.7. The molecule has 5 rings (SSSR count). The average molecular weight is 699 g/mol. The van der Waals surface area contributed by atoms with Gasteiger partial charge in [0.15, 0.2) is 5.78 Å². The minimum Gasteiger partial charge on any atom is -0.512 e. The van der Waals surface area contributed by atoms with Gasteiger partial charge in [-0.25, -0.2) is 4.98 Å². The molecule has 6 heteroatoms. The molecule has 39 heavy (non-hydrogen) atoms. The SMILES string of the molecule is CCC(CC)C(=O)/C=C(\O)C(CC)CC.[Ir].[c-]1ccccc1-c1cc2c(ccc3nc4ccccc4n32)cn1. The van der Waals surface area contributed by atoms with E-state index in [0.717, 1.165) is 64.5 Å². The van der Waals surface area contributed by atoms with E-state index >= 15 is 0 Å². The predicted octanol–water partition coefficient (Wildman–Crippen LogP) is 8.37. The van der Waals surface area contributed by atoms with Crippen molar-refractivity contribution in [1.29, 1.82) is 0 Å². The Bertz CT molecular complexity index is 1550. The van der Waals surface area contributed by atoms with Gasteiger partial charge >= 0.3 is 0 Å². The number of carbonyl (C=O) groups is 1. The summed E-state index contributed by atoms with van der Waals surface area (Å²) in [5.41, 5.74) is 6.09. The Morgan fingerprint density at radius 1 is 0.923 bits per heavy atom. The van der Waals surface area contributed by atoms with E-state index in [-0.39, 0.29) is 43.5 Å². The van der Waals surface area contributed by atoms with Crippen LogP contribution >= 0.6 is 0 Å². The van der Waals surface area contributed by atoms with Crippen molar-refractivity contribution < 1.29 is 30.0 Å². The first-order valence-electron chi connectivity index (χ1n) is 13.6. The second-order valence-corrected chi connectivity index (χ2v) is 9.53. The van der Waals surface area contributed by atoms with Gasteiger partial charge in [-0.1, -0.05) is 45.9 Å². The number of aliphatic hydroxyl groups excluding tert-OH is 1. The monoisotopic (exact) mass is 699 g/mol. The summed E-state index contributed by atoms with van der Waals surface area (Å²) in [4.78, 5) is 21.0. The molecular formula is C33H36IrN3O2-. The van der Waals surface area contributed by atoms with Crippen LogP contribution in [0.4, 0.5) is 0 Å². The van der Waals surface area contributed by atoms with Crippen LogP contribution in [0.5, 0.6) is 0 Å². The maximum atomic E-state index is 11.7. The topological polar surface area (TPSA) is 67.5 Å². The normalized spacial score (nSPS) is 11.6. The van der Waals surface area contributed by atoms with Crippen LogP contribution in [0.2, 0.25) is 0 Å². The minimum atomic E-state index is 0. The number of rotatable bonds is 8. The Hall–Kier alpha value is -3.34. The number of hydrogen-bond donors (Lipinski definition) is 1. The van der Waals surface area contributed by atoms with E-state index in [1.807, 2.05) is 82.4 Å². The van der Waals surface area contributed by atoms with E-state index in [4.69, 9.17) is 4.98 Å². The summed E-state index contributed by atoms with van der Waals surface area (Å²) in [5.74, 6) is 0.547. The van der Waals surface area contributed by atoms with Gasteiger partial charge in [-0.15, -0.1) is 35.9 Å². The quantitative estimate of drug-likeness (QED) is 0.101. The van der Waals surface area contributed by atoms with Crippen LogP contribution in [0.3, 0.4) is 0 Å². The molecule has 0 aliphatic rings. The summed E-state index contributed by atoms with van der Waals surface area (Å²) < 4.78 is 2.19. The van der Waals surface area contributed by atoms with Crippen molar-refractivity contribution in [3.8, 4) is 11.3 Å². The largest absolute Gasteiger partial charge is 0.512 e. The molecule has 2 aromatic carbocycles. The molecule has 0 aliphatic carbocycles. The molecule has 5 aromatic rings. The standard InChI is InChI=1S/C20H12N3.C13H24O2.Ir/c1-2-6-14(7-3-1)17-12-19-15(13-21-17)10-11-20-22-16-8-4-5-9-18(16)23(19)20;1-5-10(6-2)12(14)9-13(15)11(7-3)8-4;/h1-6,8-13H;9-11,14H,5-8H2,1-4H3;/q-1;;/b;12-9-;. The van der Waals surface area contributed by atoms with Gasteiger partial charge in [0.25, 0.3) is 0 Å². The van der Waals surface area contributed by atoms with Gasteiger partial charge in [0.2, 0.25) is 0 Å². The third-order valence-corrected chi connectivity index (χ3v) is 7.22. The van der Waals surface area contributed by atoms with E-state index in [9.17, 15) is 9.90 Å². The molecular weight excluding hydrogens is 663 g/mol. The molecule has 3 heterocycles. The number of hydrogen-bond acceptors (Lipinski definition) is 4. The average Bonchev–Trinajstić information content (AvgIpc) is 3.34. The van der Waals surface area contributed by atoms with Gasteiger partial charge in [0, 0.05) is 55.1 Å². The van der Waals surface area contributed by atoms with Gasteiger partial charge in [-0.2, -0.15) is 0 Å². The molecule has 0 saturated carbocycles. The zero-order valence-corrected chi connectivity index (χ0v) is 25.4. The number of pyridine rings is 2. The number of fused-ring (bicyclic) bond motifs is 5. The van der Waals surface area contributed by atoms with Crippen molar-refractivity contribution in [3.05, 3.63) is 90.8 Å². The molecule has 0 spiro atoms. The Morgan fingerprint density at radius 2 is 1.62 bits per heavy atom. The first kappa shape index (κ1) is 30.2. The number of nitrogens with zero attached hydrogens (tertiary/aromatic N) is 3. The fourth-order valence-corrected chi connectivity index (χ4v) is 4.83. The van der Waals surface area contributed by atoms with Crippen molar-refractivity contribution >= 4 is 33.4 Å². The van der Waals surface area contributed by atoms with Crippen LogP contribution in [0.15, 0.2) is 84.8 Å². The number of benzene rings is 2. The van der Waals surface area contributed by atoms with Gasteiger partial charge in [0.1, 0.15) is 5.65 Å². The number of allylic oxidation sites excluding steroid dienone is 2. The number of para-hydroxylation sites is 2. The molecule has 0 atom stereocenters. The van der Waals surface area contributed by atoms with Crippen molar-refractivity contribution in [2.75, 3.05) is 0 Å². The fourth-order valence-electron chi connectivity index (χ4n) is 4.83. The molecule has 0 unspecified atom stereocenters. The molecule has 0 aliphatic heterocycles. The summed E-state index contributed by atoms with van der Waals surface area (Å²) in [7, 11) is 0. The van der Waals surface area contributed by atoms with E-state index in [0.29, 0.717) is 0 Å². The molecule has 205 valence electrons. The maximum Gasteiger partial charge on any atom is 0.162 e. The molecule has 1 radical (unpaired) electrons. The molecule has 0 amide bonds. The van der Waals surface area contributed by atoms with Crippen LogP contribution in [-0.2, 0) is 24.9 Å². The second-order valence-electron chi connectivity index (χ2n) is 9.53. The van der Waals surface area contributed by atoms with Crippen LogP contribution in [0.25, 0.3) is 38.8 Å². The number of carbonyl (C=O) groups excluding carboxylic acids is 1. The molecule has 0 bridgehead atoms. The van der Waals surface area contributed by atoms with E-state index in [1.54, 1.807) is 0 Å². The van der Waals surface area contributed by atoms with Crippen molar-refractivity contribution in [2.24, 2.45) is 11.8 Å². The van der Waals surface area contributed by atoms with Crippen LogP contribution in [0, 0.1) is 17.9 Å². The van der Waals surface area contributed by atoms with Crippen LogP contribution < -0.4 is 0 Å². The van der Waals surface area contributed by atoms with E-state index in [1.165, 1.54) is 6.08 Å². The summed E-state index contributed by atoms with van der Waals surface area (Å²) in [6, 6.07) is 25.6. The van der Waals surface area contributed by atoms with Gasteiger partial charge in [-0.05, 0) is 55.6 Å². The number of ketones is 1.